The molecule has 0 aliphatic heterocycles. The molecule has 0 bridgehead atoms. The molecule has 19 heavy (non-hydrogen) atoms. The Hall–Kier alpha value is -2.00. The Labute approximate surface area is 117 Å². The van der Waals surface area contributed by atoms with Crippen molar-refractivity contribution in [2.75, 3.05) is 19.1 Å². The van der Waals surface area contributed by atoms with Crippen LogP contribution >= 0.6 is 11.6 Å². The number of carbonyl (C=O) groups excluding carboxylic acids is 1. The summed E-state index contributed by atoms with van der Waals surface area (Å²) < 4.78 is 5.12. The van der Waals surface area contributed by atoms with Gasteiger partial charge < -0.3 is 9.64 Å². The highest BCUT2D eigenvalue weighted by molar-refractivity contribution is 6.31. The van der Waals surface area contributed by atoms with E-state index < -0.39 is 0 Å². The van der Waals surface area contributed by atoms with E-state index in [-0.39, 0.29) is 0 Å². The molecule has 4 heteroatoms. The predicted molar refractivity (Wildman–Crippen MR) is 77.9 cm³/mol. The van der Waals surface area contributed by atoms with Crippen molar-refractivity contribution >= 4 is 29.3 Å². The van der Waals surface area contributed by atoms with Crippen LogP contribution in [0.1, 0.15) is 10.4 Å². The summed E-state index contributed by atoms with van der Waals surface area (Å²) in [5, 5.41) is 0.598. The van der Waals surface area contributed by atoms with Gasteiger partial charge in [-0.3, -0.25) is 4.79 Å². The van der Waals surface area contributed by atoms with Crippen molar-refractivity contribution in [2.45, 2.75) is 0 Å². The maximum Gasteiger partial charge on any atom is 0.152 e. The summed E-state index contributed by atoms with van der Waals surface area (Å²) in [4.78, 5) is 13.0. The zero-order valence-electron chi connectivity index (χ0n) is 10.8. The fourth-order valence-electron chi connectivity index (χ4n) is 1.85. The molecule has 0 heterocycles. The monoisotopic (exact) mass is 275 g/mol. The number of benzene rings is 2. The predicted octanol–water partition coefficient (Wildman–Crippen LogP) is 3.93. The number of hydrogen-bond donors (Lipinski definition) is 0. The van der Waals surface area contributed by atoms with Crippen LogP contribution in [0.4, 0.5) is 11.4 Å². The number of ether oxygens (including phenoxy) is 1. The van der Waals surface area contributed by atoms with E-state index in [0.29, 0.717) is 10.6 Å². The van der Waals surface area contributed by atoms with Gasteiger partial charge in [-0.05, 0) is 42.5 Å². The molecule has 2 aromatic carbocycles. The zero-order chi connectivity index (χ0) is 13.8. The van der Waals surface area contributed by atoms with Gasteiger partial charge in [0.1, 0.15) is 5.75 Å². The lowest BCUT2D eigenvalue weighted by Gasteiger charge is -2.21. The molecule has 98 valence electrons. The number of hydrogen-bond acceptors (Lipinski definition) is 3. The van der Waals surface area contributed by atoms with Crippen LogP contribution in [0.2, 0.25) is 5.02 Å². The molecular formula is C15H14ClNO2. The Morgan fingerprint density at radius 2 is 1.84 bits per heavy atom. The molecule has 2 aromatic rings. The minimum atomic E-state index is 0.598. The lowest BCUT2D eigenvalue weighted by molar-refractivity contribution is 0.112. The van der Waals surface area contributed by atoms with Crippen LogP contribution in [-0.2, 0) is 0 Å². The van der Waals surface area contributed by atoms with E-state index in [4.69, 9.17) is 16.3 Å². The van der Waals surface area contributed by atoms with E-state index in [9.17, 15) is 4.79 Å². The maximum atomic E-state index is 11.1. The van der Waals surface area contributed by atoms with Gasteiger partial charge in [0.05, 0.1) is 12.8 Å². The number of nitrogens with zero attached hydrogens (tertiary/aromatic N) is 1. The van der Waals surface area contributed by atoms with Crippen LogP contribution in [0.5, 0.6) is 5.75 Å². The number of carbonyl (C=O) groups is 1. The van der Waals surface area contributed by atoms with Crippen molar-refractivity contribution in [1.29, 1.82) is 0 Å². The quantitative estimate of drug-likeness (QED) is 0.792. The minimum Gasteiger partial charge on any atom is -0.497 e. The summed E-state index contributed by atoms with van der Waals surface area (Å²) in [5.74, 6) is 0.791. The third-order valence-electron chi connectivity index (χ3n) is 2.94. The molecule has 0 atom stereocenters. The Balaban J connectivity index is 2.39. The van der Waals surface area contributed by atoms with E-state index in [1.807, 2.05) is 36.2 Å². The molecular weight excluding hydrogens is 262 g/mol. The van der Waals surface area contributed by atoms with Crippen molar-refractivity contribution in [2.24, 2.45) is 0 Å². The van der Waals surface area contributed by atoms with Crippen molar-refractivity contribution in [3.8, 4) is 5.75 Å². The molecule has 0 saturated heterocycles. The molecule has 0 aliphatic carbocycles. The van der Waals surface area contributed by atoms with Gasteiger partial charge in [0.25, 0.3) is 0 Å². The highest BCUT2D eigenvalue weighted by atomic mass is 35.5. The smallest absolute Gasteiger partial charge is 0.152 e. The van der Waals surface area contributed by atoms with Crippen molar-refractivity contribution in [1.82, 2.24) is 0 Å². The zero-order valence-corrected chi connectivity index (χ0v) is 11.5. The molecule has 0 fully saturated rings. The molecule has 0 saturated carbocycles. The summed E-state index contributed by atoms with van der Waals surface area (Å²) in [5.41, 5.74) is 2.32. The van der Waals surface area contributed by atoms with E-state index >= 15 is 0 Å². The Morgan fingerprint density at radius 1 is 1.16 bits per heavy atom. The molecule has 0 spiro atoms. The first kappa shape index (κ1) is 13.4. The van der Waals surface area contributed by atoms with E-state index in [0.717, 1.165) is 23.4 Å². The van der Waals surface area contributed by atoms with Crippen LogP contribution in [0.15, 0.2) is 42.5 Å². The topological polar surface area (TPSA) is 29.5 Å². The van der Waals surface area contributed by atoms with Crippen LogP contribution in [0, 0.1) is 0 Å². The van der Waals surface area contributed by atoms with Crippen molar-refractivity contribution in [3.05, 3.63) is 53.1 Å². The Kier molecular flexibility index (Phi) is 4.07. The SMILES string of the molecule is COc1ccc(N(C)c2cc(Cl)ccc2C=O)cc1. The van der Waals surface area contributed by atoms with Crippen LogP contribution in [0.25, 0.3) is 0 Å². The second-order valence-electron chi connectivity index (χ2n) is 4.08. The summed E-state index contributed by atoms with van der Waals surface area (Å²) in [6, 6.07) is 12.8. The van der Waals surface area contributed by atoms with Crippen LogP contribution < -0.4 is 9.64 Å². The largest absolute Gasteiger partial charge is 0.497 e. The maximum absolute atomic E-state index is 11.1. The summed E-state index contributed by atoms with van der Waals surface area (Å²) in [7, 11) is 3.51. The van der Waals surface area contributed by atoms with Crippen LogP contribution in [0.3, 0.4) is 0 Å². The number of methoxy groups -OCH3 is 1. The Bertz CT molecular complexity index is 581. The third-order valence-corrected chi connectivity index (χ3v) is 3.18. The van der Waals surface area contributed by atoms with Gasteiger partial charge >= 0.3 is 0 Å². The second-order valence-corrected chi connectivity index (χ2v) is 4.51. The van der Waals surface area contributed by atoms with Gasteiger partial charge in [-0.1, -0.05) is 11.6 Å². The first-order chi connectivity index (χ1) is 9.15. The van der Waals surface area contributed by atoms with Crippen molar-refractivity contribution in [3.63, 3.8) is 0 Å². The highest BCUT2D eigenvalue weighted by Crippen LogP contribution is 2.29. The van der Waals surface area contributed by atoms with Gasteiger partial charge in [0.15, 0.2) is 6.29 Å². The standard InChI is InChI=1S/C15H14ClNO2/c1-17(13-5-7-14(19-2)8-6-13)15-9-12(16)4-3-11(15)10-18/h3-10H,1-2H3. The fraction of sp³-hybridized carbons (Fsp3) is 0.133. The number of rotatable bonds is 4. The number of aldehydes is 1. The first-order valence-electron chi connectivity index (χ1n) is 5.78. The summed E-state index contributed by atoms with van der Waals surface area (Å²) in [6.07, 6.45) is 0.825. The van der Waals surface area contributed by atoms with Crippen molar-refractivity contribution < 1.29 is 9.53 Å². The first-order valence-corrected chi connectivity index (χ1v) is 6.16. The molecule has 2 rings (SSSR count). The van der Waals surface area contributed by atoms with Gasteiger partial charge in [0, 0.05) is 23.3 Å². The van der Waals surface area contributed by atoms with Gasteiger partial charge in [-0.15, -0.1) is 0 Å². The molecule has 3 nitrogen and oxygen atoms in total. The van der Waals surface area contributed by atoms with Gasteiger partial charge in [-0.25, -0.2) is 0 Å². The van der Waals surface area contributed by atoms with Gasteiger partial charge in [0.2, 0.25) is 0 Å². The van der Waals surface area contributed by atoms with Crippen LogP contribution in [-0.4, -0.2) is 20.4 Å². The van der Waals surface area contributed by atoms with E-state index in [2.05, 4.69) is 0 Å². The summed E-state index contributed by atoms with van der Waals surface area (Å²) in [6.45, 7) is 0. The lowest BCUT2D eigenvalue weighted by atomic mass is 10.1. The average molecular weight is 276 g/mol. The lowest BCUT2D eigenvalue weighted by Crippen LogP contribution is -2.11. The molecule has 0 aliphatic rings. The Morgan fingerprint density at radius 3 is 2.42 bits per heavy atom. The minimum absolute atomic E-state index is 0.598. The average Bonchev–Trinajstić information content (AvgIpc) is 2.46. The molecule has 0 unspecified atom stereocenters. The number of anilines is 2. The third kappa shape index (κ3) is 2.88. The normalized spacial score (nSPS) is 10.1. The van der Waals surface area contributed by atoms with Gasteiger partial charge in [-0.2, -0.15) is 0 Å². The molecule has 0 aromatic heterocycles. The fourth-order valence-corrected chi connectivity index (χ4v) is 2.02. The highest BCUT2D eigenvalue weighted by Gasteiger charge is 2.09. The van der Waals surface area contributed by atoms with E-state index in [1.54, 1.807) is 25.3 Å². The second kappa shape index (κ2) is 5.76. The molecule has 0 amide bonds. The summed E-state index contributed by atoms with van der Waals surface area (Å²) >= 11 is 5.99. The number of halogens is 1. The molecule has 0 N–H and O–H groups in total. The molecule has 0 radical (unpaired) electrons. The van der Waals surface area contributed by atoms with E-state index in [1.165, 1.54) is 0 Å².